The lowest BCUT2D eigenvalue weighted by atomic mass is 9.93. The highest BCUT2D eigenvalue weighted by Crippen LogP contribution is 2.30. The first-order chi connectivity index (χ1) is 17.2. The second-order valence-electron chi connectivity index (χ2n) is 9.28. The SMILES string of the molecule is Cc1ncc(OCC(=O)C[C@H]2CC[C@H](CCN3CCc4nc(OCC(F)(F)F)sc4CC3)OC2)cn1. The van der Waals surface area contributed by atoms with Crippen LogP contribution in [0.3, 0.4) is 0 Å². The summed E-state index contributed by atoms with van der Waals surface area (Å²) in [5, 5.41) is 0.102. The number of fused-ring (bicyclic) bond motifs is 1. The summed E-state index contributed by atoms with van der Waals surface area (Å²) in [4.78, 5) is 28.0. The van der Waals surface area contributed by atoms with Gasteiger partial charge in [0, 0.05) is 37.4 Å². The van der Waals surface area contributed by atoms with Crippen LogP contribution >= 0.6 is 11.3 Å². The maximum absolute atomic E-state index is 12.4. The van der Waals surface area contributed by atoms with E-state index in [-0.39, 0.29) is 29.6 Å². The zero-order valence-corrected chi connectivity index (χ0v) is 21.1. The lowest BCUT2D eigenvalue weighted by Crippen LogP contribution is -2.33. The number of rotatable bonds is 10. The maximum Gasteiger partial charge on any atom is 0.422 e. The average molecular weight is 529 g/mol. The van der Waals surface area contributed by atoms with Crippen LogP contribution in [0.25, 0.3) is 0 Å². The lowest BCUT2D eigenvalue weighted by molar-refractivity contribution is -0.153. The van der Waals surface area contributed by atoms with Gasteiger partial charge in [0.1, 0.15) is 12.4 Å². The average Bonchev–Trinajstić information content (AvgIpc) is 3.15. The predicted molar refractivity (Wildman–Crippen MR) is 126 cm³/mol. The number of aromatic nitrogens is 3. The van der Waals surface area contributed by atoms with Gasteiger partial charge in [0.2, 0.25) is 0 Å². The summed E-state index contributed by atoms with van der Waals surface area (Å²) in [5.41, 5.74) is 0.847. The van der Waals surface area contributed by atoms with Crippen LogP contribution in [0, 0.1) is 12.8 Å². The third kappa shape index (κ3) is 8.38. The molecule has 36 heavy (non-hydrogen) atoms. The fourth-order valence-corrected chi connectivity index (χ4v) is 5.33. The number of ketones is 1. The third-order valence-electron chi connectivity index (χ3n) is 6.34. The molecule has 4 rings (SSSR count). The van der Waals surface area contributed by atoms with E-state index >= 15 is 0 Å². The van der Waals surface area contributed by atoms with Crippen LogP contribution in [0.4, 0.5) is 13.2 Å². The number of carbonyl (C=O) groups excluding carboxylic acids is 1. The second kappa shape index (κ2) is 12.3. The molecule has 8 nitrogen and oxygen atoms in total. The molecule has 12 heteroatoms. The molecular weight excluding hydrogens is 497 g/mol. The predicted octanol–water partition coefficient (Wildman–Crippen LogP) is 3.81. The summed E-state index contributed by atoms with van der Waals surface area (Å²) in [7, 11) is 0. The quantitative estimate of drug-likeness (QED) is 0.460. The molecule has 0 unspecified atom stereocenters. The molecule has 2 aromatic heterocycles. The standard InChI is InChI=1S/C24H31F3N4O4S/c1-16-28-11-20(12-29-16)34-14-18(32)10-17-2-3-19(33-13-17)4-7-31-8-5-21-22(6-9-31)36-23(30-21)35-15-24(25,26)27/h11-12,17,19H,2-10,13-15H2,1H3/t17-,19-/m1/s1. The minimum Gasteiger partial charge on any atom is -0.483 e. The summed E-state index contributed by atoms with van der Waals surface area (Å²) >= 11 is 1.22. The number of hydrogen-bond acceptors (Lipinski definition) is 9. The number of aryl methyl sites for hydroxylation is 1. The monoisotopic (exact) mass is 528 g/mol. The molecule has 198 valence electrons. The highest BCUT2D eigenvalue weighted by Gasteiger charge is 2.30. The summed E-state index contributed by atoms with van der Waals surface area (Å²) in [6, 6.07) is 0. The number of alkyl halides is 3. The Hall–Kier alpha value is -2.31. The van der Waals surface area contributed by atoms with Crippen molar-refractivity contribution in [2.45, 2.75) is 57.7 Å². The van der Waals surface area contributed by atoms with Crippen LogP contribution in [-0.2, 0) is 22.4 Å². The first-order valence-corrected chi connectivity index (χ1v) is 13.0. The van der Waals surface area contributed by atoms with E-state index in [1.165, 1.54) is 11.3 Å². The van der Waals surface area contributed by atoms with Crippen molar-refractivity contribution in [1.82, 2.24) is 19.9 Å². The molecule has 0 bridgehead atoms. The third-order valence-corrected chi connectivity index (χ3v) is 7.41. The molecule has 0 aromatic carbocycles. The van der Waals surface area contributed by atoms with Crippen LogP contribution < -0.4 is 9.47 Å². The Morgan fingerprint density at radius 3 is 2.69 bits per heavy atom. The van der Waals surface area contributed by atoms with Crippen molar-refractivity contribution in [2.75, 3.05) is 39.5 Å². The first-order valence-electron chi connectivity index (χ1n) is 12.2. The smallest absolute Gasteiger partial charge is 0.422 e. The fourth-order valence-electron chi connectivity index (χ4n) is 4.39. The lowest BCUT2D eigenvalue weighted by Gasteiger charge is -2.30. The summed E-state index contributed by atoms with van der Waals surface area (Å²) in [6.45, 7) is 3.61. The fraction of sp³-hybridized carbons (Fsp3) is 0.667. The Morgan fingerprint density at radius 2 is 1.97 bits per heavy atom. The van der Waals surface area contributed by atoms with E-state index in [1.54, 1.807) is 19.3 Å². The van der Waals surface area contributed by atoms with E-state index in [2.05, 4.69) is 19.9 Å². The zero-order chi connectivity index (χ0) is 25.5. The van der Waals surface area contributed by atoms with Crippen molar-refractivity contribution in [1.29, 1.82) is 0 Å². The van der Waals surface area contributed by atoms with Gasteiger partial charge in [-0.15, -0.1) is 0 Å². The van der Waals surface area contributed by atoms with Gasteiger partial charge in [-0.1, -0.05) is 11.3 Å². The van der Waals surface area contributed by atoms with Gasteiger partial charge in [-0.2, -0.15) is 13.2 Å². The molecular formula is C24H31F3N4O4S. The van der Waals surface area contributed by atoms with E-state index in [0.717, 1.165) is 55.9 Å². The molecule has 0 amide bonds. The number of halogens is 3. The highest BCUT2D eigenvalue weighted by molar-refractivity contribution is 7.13. The maximum atomic E-state index is 12.4. The van der Waals surface area contributed by atoms with Crippen molar-refractivity contribution in [3.05, 3.63) is 28.8 Å². The molecule has 2 atom stereocenters. The van der Waals surface area contributed by atoms with Gasteiger partial charge >= 0.3 is 6.18 Å². The summed E-state index contributed by atoms with van der Waals surface area (Å²) in [6.07, 6.45) is 3.64. The molecule has 2 aliphatic heterocycles. The normalized spacial score (nSPS) is 21.0. The number of ether oxygens (including phenoxy) is 3. The number of thiazole rings is 1. The van der Waals surface area contributed by atoms with E-state index < -0.39 is 12.8 Å². The van der Waals surface area contributed by atoms with Crippen LogP contribution in [-0.4, -0.2) is 77.4 Å². The van der Waals surface area contributed by atoms with Crippen molar-refractivity contribution < 1.29 is 32.2 Å². The molecule has 2 aliphatic rings. The minimum atomic E-state index is -4.36. The van der Waals surface area contributed by atoms with Gasteiger partial charge in [0.25, 0.3) is 5.19 Å². The molecule has 2 aromatic rings. The number of nitrogens with zero attached hydrogens (tertiary/aromatic N) is 4. The minimum absolute atomic E-state index is 0.0115. The molecule has 0 N–H and O–H groups in total. The van der Waals surface area contributed by atoms with E-state index in [4.69, 9.17) is 14.2 Å². The van der Waals surface area contributed by atoms with Crippen molar-refractivity contribution in [3.8, 4) is 10.9 Å². The van der Waals surface area contributed by atoms with Crippen molar-refractivity contribution in [3.63, 3.8) is 0 Å². The first kappa shape index (κ1) is 26.7. The van der Waals surface area contributed by atoms with Gasteiger partial charge in [0.05, 0.1) is 30.8 Å². The zero-order valence-electron chi connectivity index (χ0n) is 20.3. The Labute approximate surface area is 212 Å². The second-order valence-corrected chi connectivity index (χ2v) is 10.3. The van der Waals surface area contributed by atoms with Gasteiger partial charge < -0.3 is 19.1 Å². The van der Waals surface area contributed by atoms with Gasteiger partial charge in [-0.05, 0) is 38.5 Å². The molecule has 4 heterocycles. The van der Waals surface area contributed by atoms with Crippen LogP contribution in [0.2, 0.25) is 0 Å². The molecule has 0 radical (unpaired) electrons. The molecule has 0 saturated carbocycles. The van der Waals surface area contributed by atoms with E-state index in [9.17, 15) is 18.0 Å². The Balaban J connectivity index is 1.11. The van der Waals surface area contributed by atoms with Crippen LogP contribution in [0.15, 0.2) is 12.4 Å². The van der Waals surface area contributed by atoms with Crippen molar-refractivity contribution >= 4 is 17.1 Å². The summed E-state index contributed by atoms with van der Waals surface area (Å²) < 4.78 is 53.4. The molecule has 0 aliphatic carbocycles. The van der Waals surface area contributed by atoms with Crippen LogP contribution in [0.5, 0.6) is 10.9 Å². The number of Topliss-reactive ketones (excluding diaryl/α,β-unsaturated/α-hetero) is 1. The largest absolute Gasteiger partial charge is 0.483 e. The molecule has 0 spiro atoms. The van der Waals surface area contributed by atoms with Gasteiger partial charge in [-0.25, -0.2) is 15.0 Å². The van der Waals surface area contributed by atoms with Crippen molar-refractivity contribution in [2.24, 2.45) is 5.92 Å². The number of hydrogen-bond donors (Lipinski definition) is 0. The van der Waals surface area contributed by atoms with Gasteiger partial charge in [-0.3, -0.25) is 4.79 Å². The Morgan fingerprint density at radius 1 is 1.19 bits per heavy atom. The number of carbonyl (C=O) groups is 1. The van der Waals surface area contributed by atoms with E-state index in [0.29, 0.717) is 31.0 Å². The molecule has 1 fully saturated rings. The Bertz CT molecular complexity index is 969. The van der Waals surface area contributed by atoms with Gasteiger partial charge in [0.15, 0.2) is 18.1 Å². The molecule has 1 saturated heterocycles. The summed E-state index contributed by atoms with van der Waals surface area (Å²) in [5.74, 6) is 1.39. The highest BCUT2D eigenvalue weighted by atomic mass is 32.1. The van der Waals surface area contributed by atoms with Crippen LogP contribution in [0.1, 0.15) is 42.1 Å². The van der Waals surface area contributed by atoms with E-state index in [1.807, 2.05) is 0 Å². The Kier molecular flexibility index (Phi) is 9.13. The topological polar surface area (TPSA) is 86.7 Å².